The lowest BCUT2D eigenvalue weighted by atomic mass is 10.0. The van der Waals surface area contributed by atoms with Crippen LogP contribution in [-0.4, -0.2) is 5.78 Å². The smallest absolute Gasteiger partial charge is 0.135 e. The quantitative estimate of drug-likeness (QED) is 0.612. The minimum absolute atomic E-state index is 0.282. The lowest BCUT2D eigenvalue weighted by Crippen LogP contribution is -2.08. The summed E-state index contributed by atoms with van der Waals surface area (Å²) in [5.41, 5.74) is 0. The van der Waals surface area contributed by atoms with Gasteiger partial charge in [0.1, 0.15) is 5.78 Å². The Morgan fingerprint density at radius 3 is 2.00 bits per heavy atom. The van der Waals surface area contributed by atoms with Gasteiger partial charge in [0.2, 0.25) is 0 Å². The van der Waals surface area contributed by atoms with Crippen LogP contribution in [0.25, 0.3) is 0 Å². The third-order valence-corrected chi connectivity index (χ3v) is 1.66. The maximum Gasteiger partial charge on any atom is 0.135 e. The summed E-state index contributed by atoms with van der Waals surface area (Å²) in [5, 5.41) is 0. The summed E-state index contributed by atoms with van der Waals surface area (Å²) in [6.45, 7) is 10.1. The van der Waals surface area contributed by atoms with E-state index in [2.05, 4.69) is 6.92 Å². The highest BCUT2D eigenvalue weighted by Gasteiger charge is 2.07. The van der Waals surface area contributed by atoms with Gasteiger partial charge in [0.05, 0.1) is 0 Å². The van der Waals surface area contributed by atoms with Gasteiger partial charge in [-0.2, -0.15) is 0 Å². The van der Waals surface area contributed by atoms with Crippen molar-refractivity contribution < 1.29 is 4.79 Å². The molecule has 0 amide bonds. The van der Waals surface area contributed by atoms with E-state index in [1.807, 2.05) is 27.7 Å². The molecular formula is C10H22O. The van der Waals surface area contributed by atoms with Crippen LogP contribution in [0.4, 0.5) is 0 Å². The molecule has 1 atom stereocenters. The molecular weight excluding hydrogens is 136 g/mol. The molecule has 0 spiro atoms. The van der Waals surface area contributed by atoms with Gasteiger partial charge in [0.25, 0.3) is 0 Å². The molecule has 0 aromatic carbocycles. The Labute approximate surface area is 71.2 Å². The molecule has 11 heavy (non-hydrogen) atoms. The molecule has 0 fully saturated rings. The molecule has 0 rings (SSSR count). The van der Waals surface area contributed by atoms with Gasteiger partial charge >= 0.3 is 0 Å². The first-order valence-corrected chi connectivity index (χ1v) is 4.75. The van der Waals surface area contributed by atoms with Gasteiger partial charge in [-0.05, 0) is 12.8 Å². The molecule has 0 aromatic heterocycles. The average molecular weight is 158 g/mol. The fraction of sp³-hybridized carbons (Fsp3) is 0.900. The molecule has 0 saturated carbocycles. The Kier molecular flexibility index (Phi) is 11.7. The monoisotopic (exact) mass is 158 g/mol. The molecule has 0 radical (unpaired) electrons. The predicted molar refractivity (Wildman–Crippen MR) is 50.7 cm³/mol. The largest absolute Gasteiger partial charge is 0.299 e. The highest BCUT2D eigenvalue weighted by Crippen LogP contribution is 2.05. The first-order chi connectivity index (χ1) is 5.22. The van der Waals surface area contributed by atoms with Crippen LogP contribution >= 0.6 is 0 Å². The van der Waals surface area contributed by atoms with Crippen molar-refractivity contribution in [1.29, 1.82) is 0 Å². The number of carbonyl (C=O) groups excluding carboxylic acids is 1. The zero-order valence-corrected chi connectivity index (χ0v) is 8.61. The maximum atomic E-state index is 11.0. The van der Waals surface area contributed by atoms with E-state index in [1.165, 1.54) is 0 Å². The summed E-state index contributed by atoms with van der Waals surface area (Å²) in [6, 6.07) is 0. The minimum Gasteiger partial charge on any atom is -0.299 e. The highest BCUT2D eigenvalue weighted by molar-refractivity contribution is 5.80. The van der Waals surface area contributed by atoms with Gasteiger partial charge < -0.3 is 0 Å². The second-order valence-corrected chi connectivity index (χ2v) is 2.53. The van der Waals surface area contributed by atoms with Crippen molar-refractivity contribution in [3.63, 3.8) is 0 Å². The second kappa shape index (κ2) is 9.67. The van der Waals surface area contributed by atoms with E-state index in [0.29, 0.717) is 5.78 Å². The molecule has 0 bridgehead atoms. The first kappa shape index (κ1) is 13.3. The lowest BCUT2D eigenvalue weighted by molar-refractivity contribution is -0.122. The number of rotatable bonds is 4. The fourth-order valence-electron chi connectivity index (χ4n) is 0.720. The zero-order chi connectivity index (χ0) is 9.28. The van der Waals surface area contributed by atoms with Gasteiger partial charge in [-0.25, -0.2) is 0 Å². The van der Waals surface area contributed by atoms with E-state index in [9.17, 15) is 4.79 Å². The number of ketones is 1. The van der Waals surface area contributed by atoms with Gasteiger partial charge in [-0.3, -0.25) is 4.79 Å². The molecule has 1 unspecified atom stereocenters. The third-order valence-electron chi connectivity index (χ3n) is 1.66. The molecule has 0 heterocycles. The Hall–Kier alpha value is -0.330. The van der Waals surface area contributed by atoms with Crippen molar-refractivity contribution in [1.82, 2.24) is 0 Å². The molecule has 0 aliphatic heterocycles. The molecule has 0 aliphatic rings. The van der Waals surface area contributed by atoms with Crippen LogP contribution in [0, 0.1) is 5.92 Å². The predicted octanol–water partition coefficient (Wildman–Crippen LogP) is 3.43. The van der Waals surface area contributed by atoms with Crippen molar-refractivity contribution in [2.45, 2.75) is 53.9 Å². The maximum absolute atomic E-state index is 11.0. The molecule has 1 nitrogen and oxygen atoms in total. The van der Waals surface area contributed by atoms with Crippen LogP contribution in [0.3, 0.4) is 0 Å². The molecule has 68 valence electrons. The third kappa shape index (κ3) is 7.57. The Bertz CT molecular complexity index is 86.9. The van der Waals surface area contributed by atoms with E-state index in [1.54, 1.807) is 0 Å². The van der Waals surface area contributed by atoms with Crippen molar-refractivity contribution in [3.8, 4) is 0 Å². The standard InChI is InChI=1S/C8H16O.C2H6/c1-4-6-8(9)7(3)5-2;1-2/h7H,4-6H2,1-3H3;1-2H3. The molecule has 0 aliphatic carbocycles. The molecule has 1 heteroatoms. The molecule has 0 aromatic rings. The number of hydrogen-bond acceptors (Lipinski definition) is 1. The van der Waals surface area contributed by atoms with E-state index < -0.39 is 0 Å². The van der Waals surface area contributed by atoms with Crippen LogP contribution in [0.1, 0.15) is 53.9 Å². The van der Waals surface area contributed by atoms with Crippen molar-refractivity contribution in [3.05, 3.63) is 0 Å². The SMILES string of the molecule is CC.CCCC(=O)C(C)CC. The summed E-state index contributed by atoms with van der Waals surface area (Å²) < 4.78 is 0. The first-order valence-electron chi connectivity index (χ1n) is 4.75. The van der Waals surface area contributed by atoms with E-state index in [4.69, 9.17) is 0 Å². The van der Waals surface area contributed by atoms with Crippen LogP contribution in [0.2, 0.25) is 0 Å². The van der Waals surface area contributed by atoms with E-state index in [0.717, 1.165) is 19.3 Å². The van der Waals surface area contributed by atoms with Crippen molar-refractivity contribution in [2.24, 2.45) is 5.92 Å². The van der Waals surface area contributed by atoms with Crippen LogP contribution in [0.15, 0.2) is 0 Å². The number of carbonyl (C=O) groups is 1. The Morgan fingerprint density at radius 2 is 1.73 bits per heavy atom. The van der Waals surface area contributed by atoms with Gasteiger partial charge in [-0.1, -0.05) is 34.6 Å². The normalized spacial score (nSPS) is 11.4. The van der Waals surface area contributed by atoms with Crippen molar-refractivity contribution >= 4 is 5.78 Å². The Balaban J connectivity index is 0. The molecule has 0 N–H and O–H groups in total. The number of Topliss-reactive ketones (excluding diaryl/α,β-unsaturated/α-hetero) is 1. The molecule has 0 saturated heterocycles. The summed E-state index contributed by atoms with van der Waals surface area (Å²) in [5.74, 6) is 0.699. The Morgan fingerprint density at radius 1 is 1.27 bits per heavy atom. The highest BCUT2D eigenvalue weighted by atomic mass is 16.1. The fourth-order valence-corrected chi connectivity index (χ4v) is 0.720. The summed E-state index contributed by atoms with van der Waals surface area (Å²) in [7, 11) is 0. The summed E-state index contributed by atoms with van der Waals surface area (Å²) >= 11 is 0. The van der Waals surface area contributed by atoms with E-state index >= 15 is 0 Å². The summed E-state index contributed by atoms with van der Waals surface area (Å²) in [4.78, 5) is 11.0. The topological polar surface area (TPSA) is 17.1 Å². The zero-order valence-electron chi connectivity index (χ0n) is 8.61. The van der Waals surface area contributed by atoms with Gasteiger partial charge in [0.15, 0.2) is 0 Å². The van der Waals surface area contributed by atoms with Crippen LogP contribution < -0.4 is 0 Å². The van der Waals surface area contributed by atoms with Crippen molar-refractivity contribution in [2.75, 3.05) is 0 Å². The lowest BCUT2D eigenvalue weighted by Gasteiger charge is -2.03. The van der Waals surface area contributed by atoms with Crippen LogP contribution in [-0.2, 0) is 4.79 Å². The number of hydrogen-bond donors (Lipinski definition) is 0. The summed E-state index contributed by atoms with van der Waals surface area (Å²) in [6.07, 6.45) is 2.73. The second-order valence-electron chi connectivity index (χ2n) is 2.53. The van der Waals surface area contributed by atoms with E-state index in [-0.39, 0.29) is 5.92 Å². The minimum atomic E-state index is 0.282. The van der Waals surface area contributed by atoms with Gasteiger partial charge in [0, 0.05) is 12.3 Å². The average Bonchev–Trinajstić information content (AvgIpc) is 2.07. The van der Waals surface area contributed by atoms with Crippen LogP contribution in [0.5, 0.6) is 0 Å². The van der Waals surface area contributed by atoms with Gasteiger partial charge in [-0.15, -0.1) is 0 Å².